The Balaban J connectivity index is 1.65. The van der Waals surface area contributed by atoms with Crippen LogP contribution in [0.4, 0.5) is 0 Å². The molecule has 30 heavy (non-hydrogen) atoms. The van der Waals surface area contributed by atoms with Crippen molar-refractivity contribution in [2.24, 2.45) is 16.7 Å². The lowest BCUT2D eigenvalue weighted by atomic mass is 9.66. The van der Waals surface area contributed by atoms with Gasteiger partial charge < -0.3 is 4.57 Å². The van der Waals surface area contributed by atoms with E-state index in [1.54, 1.807) is 0 Å². The number of hydrogen-bond donors (Lipinski definition) is 0. The van der Waals surface area contributed by atoms with Crippen LogP contribution < -0.4 is 0 Å². The van der Waals surface area contributed by atoms with Gasteiger partial charge in [0.1, 0.15) is 0 Å². The first-order valence-corrected chi connectivity index (χ1v) is 14.8. The maximum atomic E-state index is 15.7. The molecule has 166 valence electrons. The summed E-state index contributed by atoms with van der Waals surface area (Å²) < 4.78 is 15.7. The second kappa shape index (κ2) is 7.75. The van der Waals surface area contributed by atoms with Crippen molar-refractivity contribution in [3.63, 3.8) is 0 Å². The molecule has 0 aromatic carbocycles. The van der Waals surface area contributed by atoms with Crippen LogP contribution in [0.3, 0.4) is 0 Å². The minimum atomic E-state index is -2.34. The first kappa shape index (κ1) is 21.2. The molecule has 4 aliphatic carbocycles. The number of hydrogen-bond acceptors (Lipinski definition) is 2. The van der Waals surface area contributed by atoms with E-state index in [0.29, 0.717) is 28.8 Å². The van der Waals surface area contributed by atoms with E-state index in [0.717, 1.165) is 0 Å². The molecule has 4 atom stereocenters. The number of rotatable bonds is 4. The molecule has 5 rings (SSSR count). The quantitative estimate of drug-likeness (QED) is 0.455. The van der Waals surface area contributed by atoms with Gasteiger partial charge in [0, 0.05) is 34.8 Å². The van der Waals surface area contributed by atoms with Gasteiger partial charge >= 0.3 is 0 Å². The molecule has 1 aromatic rings. The summed E-state index contributed by atoms with van der Waals surface area (Å²) >= 11 is 0. The lowest BCUT2D eigenvalue weighted by molar-refractivity contribution is 0.133. The van der Waals surface area contributed by atoms with Crippen LogP contribution in [0.2, 0.25) is 0 Å². The summed E-state index contributed by atoms with van der Waals surface area (Å²) in [5, 5.41) is 0. The van der Waals surface area contributed by atoms with Gasteiger partial charge in [0.15, 0.2) is 0 Å². The molecule has 1 heterocycles. The fourth-order valence-electron chi connectivity index (χ4n) is 8.65. The largest absolute Gasteiger partial charge is 0.323 e. The molecule has 2 nitrogen and oxygen atoms in total. The van der Waals surface area contributed by atoms with E-state index >= 15 is 4.57 Å². The highest BCUT2D eigenvalue weighted by Crippen LogP contribution is 2.82. The molecule has 1 aromatic heterocycles. The van der Waals surface area contributed by atoms with Crippen LogP contribution >= 0.6 is 7.14 Å². The zero-order valence-electron chi connectivity index (χ0n) is 19.5. The van der Waals surface area contributed by atoms with Crippen LogP contribution in [0.15, 0.2) is 24.4 Å². The summed E-state index contributed by atoms with van der Waals surface area (Å²) in [4.78, 5) is 4.92. The van der Waals surface area contributed by atoms with Crippen molar-refractivity contribution >= 4 is 7.14 Å². The van der Waals surface area contributed by atoms with Gasteiger partial charge in [-0.2, -0.15) is 0 Å². The van der Waals surface area contributed by atoms with Crippen LogP contribution in [0.1, 0.15) is 109 Å². The maximum Gasteiger partial charge on any atom is 0.0974 e. The summed E-state index contributed by atoms with van der Waals surface area (Å²) in [5.74, 6) is 0.978. The van der Waals surface area contributed by atoms with Crippen molar-refractivity contribution in [2.75, 3.05) is 0 Å². The minimum Gasteiger partial charge on any atom is -0.323 e. The minimum absolute atomic E-state index is 0.218. The summed E-state index contributed by atoms with van der Waals surface area (Å²) in [6.07, 6.45) is 17.3. The summed E-state index contributed by atoms with van der Waals surface area (Å²) in [6.45, 7) is 7.54. The molecule has 0 N–H and O–H groups in total. The van der Waals surface area contributed by atoms with Crippen molar-refractivity contribution < 1.29 is 4.57 Å². The van der Waals surface area contributed by atoms with Gasteiger partial charge in [-0.15, -0.1) is 0 Å². The second-order valence-corrected chi connectivity index (χ2v) is 15.4. The van der Waals surface area contributed by atoms with Crippen molar-refractivity contribution in [3.8, 4) is 0 Å². The molecular formula is C27H42NOP. The molecule has 0 amide bonds. The molecule has 3 heteroatoms. The molecule has 4 aliphatic rings. The summed E-state index contributed by atoms with van der Waals surface area (Å²) in [6, 6.07) is 6.46. The molecule has 0 aliphatic heterocycles. The SMILES string of the molecule is CC1(C)[C@@H]2CC[C@@]1(C)[C@@H](c1ccccn1)[C@@H]2P(=O)(C1CCCCC1)C1CCCCC1. The molecule has 4 fully saturated rings. The molecule has 2 bridgehead atoms. The third-order valence-corrected chi connectivity index (χ3v) is 15.5. The number of fused-ring (bicyclic) bond motifs is 2. The number of nitrogens with zero attached hydrogens (tertiary/aromatic N) is 1. The normalized spacial score (nSPS) is 37.5. The highest BCUT2D eigenvalue weighted by atomic mass is 31.2. The fraction of sp³-hybridized carbons (Fsp3) is 0.815. The fourth-order valence-corrected chi connectivity index (χ4v) is 14.6. The highest BCUT2D eigenvalue weighted by Gasteiger charge is 2.71. The van der Waals surface area contributed by atoms with Crippen LogP contribution in [-0.2, 0) is 4.57 Å². The van der Waals surface area contributed by atoms with Crippen LogP contribution in [-0.4, -0.2) is 22.0 Å². The van der Waals surface area contributed by atoms with E-state index in [9.17, 15) is 0 Å². The first-order chi connectivity index (χ1) is 14.4. The van der Waals surface area contributed by atoms with Crippen LogP contribution in [0, 0.1) is 16.7 Å². The van der Waals surface area contributed by atoms with E-state index in [4.69, 9.17) is 4.98 Å². The summed E-state index contributed by atoms with van der Waals surface area (Å²) in [5.41, 5.74) is 3.06. The molecule has 0 radical (unpaired) electrons. The van der Waals surface area contributed by atoms with Crippen LogP contribution in [0.5, 0.6) is 0 Å². The zero-order valence-corrected chi connectivity index (χ0v) is 20.4. The van der Waals surface area contributed by atoms with Gasteiger partial charge in [0.2, 0.25) is 0 Å². The third-order valence-electron chi connectivity index (χ3n) is 10.6. The predicted octanol–water partition coefficient (Wildman–Crippen LogP) is 8.02. The van der Waals surface area contributed by atoms with Gasteiger partial charge in [0.05, 0.1) is 7.14 Å². The van der Waals surface area contributed by atoms with E-state index in [2.05, 4.69) is 32.9 Å². The van der Waals surface area contributed by atoms with E-state index < -0.39 is 7.14 Å². The third kappa shape index (κ3) is 2.95. The Morgan fingerprint density at radius 2 is 1.47 bits per heavy atom. The molecule has 0 unspecified atom stereocenters. The standard InChI is InChI=1S/C27H42NOP/c1-26(2)22-17-18-27(26,3)24(23-16-10-11-19-28-23)25(22)30(29,20-12-6-4-7-13-20)21-14-8-5-9-15-21/h10-11,16,19-22,24-25H,4-9,12-15,17-18H2,1-3H3/t22-,24+,25-,27+/m1/s1. The molecule has 0 saturated heterocycles. The summed E-state index contributed by atoms with van der Waals surface area (Å²) in [7, 11) is -2.34. The van der Waals surface area contributed by atoms with Gasteiger partial charge in [-0.1, -0.05) is 65.4 Å². The number of pyridine rings is 1. The maximum absolute atomic E-state index is 15.7. The average Bonchev–Trinajstić information content (AvgIpc) is 3.12. The molecule has 0 spiro atoms. The van der Waals surface area contributed by atoms with Gasteiger partial charge in [-0.25, -0.2) is 0 Å². The Kier molecular flexibility index (Phi) is 5.49. The topological polar surface area (TPSA) is 30.0 Å². The van der Waals surface area contributed by atoms with Crippen molar-refractivity contribution in [1.82, 2.24) is 4.98 Å². The predicted molar refractivity (Wildman–Crippen MR) is 127 cm³/mol. The second-order valence-electron chi connectivity index (χ2n) is 11.9. The monoisotopic (exact) mass is 427 g/mol. The average molecular weight is 428 g/mol. The van der Waals surface area contributed by atoms with Gasteiger partial charge in [-0.3, -0.25) is 4.98 Å². The lowest BCUT2D eigenvalue weighted by Gasteiger charge is -2.48. The lowest BCUT2D eigenvalue weighted by Crippen LogP contribution is -2.38. The van der Waals surface area contributed by atoms with Gasteiger partial charge in [-0.05, 0) is 67.4 Å². The number of aromatic nitrogens is 1. The van der Waals surface area contributed by atoms with Gasteiger partial charge in [0.25, 0.3) is 0 Å². The van der Waals surface area contributed by atoms with Crippen molar-refractivity contribution in [2.45, 2.75) is 121 Å². The highest BCUT2D eigenvalue weighted by molar-refractivity contribution is 7.66. The Morgan fingerprint density at radius 3 is 2.00 bits per heavy atom. The zero-order chi connectivity index (χ0) is 21.0. The molecule has 4 saturated carbocycles. The van der Waals surface area contributed by atoms with E-state index in [1.807, 2.05) is 12.3 Å². The van der Waals surface area contributed by atoms with Crippen molar-refractivity contribution in [1.29, 1.82) is 0 Å². The Bertz CT molecular complexity index is 770. The Labute approximate surface area is 184 Å². The van der Waals surface area contributed by atoms with Crippen molar-refractivity contribution in [3.05, 3.63) is 30.1 Å². The first-order valence-electron chi connectivity index (χ1n) is 12.9. The smallest absolute Gasteiger partial charge is 0.0974 e. The molecular weight excluding hydrogens is 385 g/mol. The Morgan fingerprint density at radius 1 is 0.867 bits per heavy atom. The Hall–Kier alpha value is -0.620. The van der Waals surface area contributed by atoms with E-state index in [1.165, 1.54) is 82.7 Å². The van der Waals surface area contributed by atoms with E-state index in [-0.39, 0.29) is 10.8 Å². The van der Waals surface area contributed by atoms with Crippen LogP contribution in [0.25, 0.3) is 0 Å².